The fourth-order valence-electron chi connectivity index (χ4n) is 2.44. The van der Waals surface area contributed by atoms with Gasteiger partial charge in [-0.25, -0.2) is 4.98 Å². The molecule has 1 aliphatic rings. The van der Waals surface area contributed by atoms with Gasteiger partial charge in [0.25, 0.3) is 5.91 Å². The summed E-state index contributed by atoms with van der Waals surface area (Å²) in [5.41, 5.74) is 2.22. The second-order valence-electron chi connectivity index (χ2n) is 5.44. The minimum atomic E-state index is -0.231. The van der Waals surface area contributed by atoms with Gasteiger partial charge < -0.3 is 20.3 Å². The Labute approximate surface area is 143 Å². The van der Waals surface area contributed by atoms with Crippen LogP contribution in [0.15, 0.2) is 23.6 Å². The zero-order valence-corrected chi connectivity index (χ0v) is 14.3. The van der Waals surface area contributed by atoms with Crippen LogP contribution < -0.4 is 15.4 Å². The summed E-state index contributed by atoms with van der Waals surface area (Å²) in [6, 6.07) is 5.79. The molecule has 0 unspecified atom stereocenters. The van der Waals surface area contributed by atoms with Crippen molar-refractivity contribution in [2.45, 2.75) is 6.92 Å². The molecular weight excluding hydrogens is 328 g/mol. The number of hydrogen-bond donors (Lipinski definition) is 2. The number of carbonyl (C=O) groups excluding carboxylic acids is 2. The lowest BCUT2D eigenvalue weighted by molar-refractivity contribution is -0.123. The maximum atomic E-state index is 12.4. The number of piperazine rings is 1. The van der Waals surface area contributed by atoms with Gasteiger partial charge in [0.2, 0.25) is 5.91 Å². The fourth-order valence-corrected chi connectivity index (χ4v) is 3.13. The van der Waals surface area contributed by atoms with E-state index in [1.54, 1.807) is 12.5 Å². The van der Waals surface area contributed by atoms with E-state index < -0.39 is 0 Å². The molecule has 0 spiro atoms. The molecule has 8 heteroatoms. The van der Waals surface area contributed by atoms with Crippen molar-refractivity contribution in [3.63, 3.8) is 0 Å². The Morgan fingerprint density at radius 1 is 1.46 bits per heavy atom. The molecule has 0 bridgehead atoms. The van der Waals surface area contributed by atoms with Crippen LogP contribution in [0.2, 0.25) is 0 Å². The van der Waals surface area contributed by atoms with E-state index in [1.807, 2.05) is 25.1 Å². The van der Waals surface area contributed by atoms with Gasteiger partial charge in [0.1, 0.15) is 11.4 Å². The van der Waals surface area contributed by atoms with Gasteiger partial charge in [-0.05, 0) is 24.6 Å². The molecule has 0 saturated carbocycles. The van der Waals surface area contributed by atoms with E-state index in [0.717, 1.165) is 11.3 Å². The van der Waals surface area contributed by atoms with Gasteiger partial charge in [-0.15, -0.1) is 11.3 Å². The van der Waals surface area contributed by atoms with Gasteiger partial charge in [-0.2, -0.15) is 0 Å². The molecule has 0 aliphatic carbocycles. The number of anilines is 2. The summed E-state index contributed by atoms with van der Waals surface area (Å²) in [4.78, 5) is 29.7. The number of carbonyl (C=O) groups is 2. The number of thiazole rings is 1. The second kappa shape index (κ2) is 6.88. The molecule has 0 radical (unpaired) electrons. The van der Waals surface area contributed by atoms with Crippen LogP contribution in [-0.4, -0.2) is 48.4 Å². The van der Waals surface area contributed by atoms with Crippen molar-refractivity contribution in [3.05, 3.63) is 34.8 Å². The van der Waals surface area contributed by atoms with Crippen molar-refractivity contribution in [1.29, 1.82) is 0 Å². The Kier molecular flexibility index (Phi) is 4.66. The first-order chi connectivity index (χ1) is 11.6. The van der Waals surface area contributed by atoms with Crippen LogP contribution in [0, 0.1) is 6.92 Å². The van der Waals surface area contributed by atoms with E-state index in [2.05, 4.69) is 15.6 Å². The Balaban J connectivity index is 1.75. The third-order valence-electron chi connectivity index (χ3n) is 3.65. The number of methoxy groups -OCH3 is 1. The van der Waals surface area contributed by atoms with Crippen molar-refractivity contribution in [2.24, 2.45) is 0 Å². The molecule has 2 N–H and O–H groups in total. The van der Waals surface area contributed by atoms with Crippen molar-refractivity contribution < 1.29 is 14.3 Å². The maximum Gasteiger partial charge on any atom is 0.273 e. The predicted molar refractivity (Wildman–Crippen MR) is 92.0 cm³/mol. The molecule has 1 aliphatic heterocycles. The van der Waals surface area contributed by atoms with Gasteiger partial charge in [-0.1, -0.05) is 6.07 Å². The number of nitrogens with one attached hydrogen (secondary N) is 2. The number of amides is 2. The van der Waals surface area contributed by atoms with Crippen LogP contribution in [0.4, 0.5) is 10.8 Å². The highest BCUT2D eigenvalue weighted by atomic mass is 32.1. The largest absolute Gasteiger partial charge is 0.495 e. The molecule has 7 nitrogen and oxygen atoms in total. The number of nitrogens with zero attached hydrogens (tertiary/aromatic N) is 2. The Morgan fingerprint density at radius 2 is 2.29 bits per heavy atom. The third kappa shape index (κ3) is 3.48. The monoisotopic (exact) mass is 346 g/mol. The maximum absolute atomic E-state index is 12.4. The number of hydrogen-bond acceptors (Lipinski definition) is 6. The molecule has 2 heterocycles. The van der Waals surface area contributed by atoms with Crippen LogP contribution in [-0.2, 0) is 4.79 Å². The van der Waals surface area contributed by atoms with Gasteiger partial charge in [-0.3, -0.25) is 9.59 Å². The van der Waals surface area contributed by atoms with Crippen molar-refractivity contribution in [1.82, 2.24) is 15.2 Å². The van der Waals surface area contributed by atoms with Gasteiger partial charge >= 0.3 is 0 Å². The van der Waals surface area contributed by atoms with E-state index in [0.29, 0.717) is 29.7 Å². The Morgan fingerprint density at radius 3 is 3.04 bits per heavy atom. The van der Waals surface area contributed by atoms with E-state index >= 15 is 0 Å². The first-order valence-corrected chi connectivity index (χ1v) is 8.38. The molecule has 1 saturated heterocycles. The van der Waals surface area contributed by atoms with Crippen LogP contribution >= 0.6 is 11.3 Å². The van der Waals surface area contributed by atoms with E-state index in [4.69, 9.17) is 4.74 Å². The van der Waals surface area contributed by atoms with Gasteiger partial charge in [0.15, 0.2) is 5.13 Å². The lowest BCUT2D eigenvalue weighted by Crippen LogP contribution is -2.50. The third-order valence-corrected chi connectivity index (χ3v) is 4.40. The lowest BCUT2D eigenvalue weighted by Gasteiger charge is -2.25. The molecule has 1 aromatic carbocycles. The lowest BCUT2D eigenvalue weighted by atomic mass is 10.2. The van der Waals surface area contributed by atoms with Gasteiger partial charge in [0, 0.05) is 18.5 Å². The molecule has 3 rings (SSSR count). The number of benzene rings is 1. The number of aromatic nitrogens is 1. The normalized spacial score (nSPS) is 14.2. The smallest absolute Gasteiger partial charge is 0.273 e. The average Bonchev–Trinajstić information content (AvgIpc) is 3.03. The van der Waals surface area contributed by atoms with Crippen LogP contribution in [0.5, 0.6) is 5.75 Å². The number of rotatable bonds is 4. The molecule has 24 heavy (non-hydrogen) atoms. The average molecular weight is 346 g/mol. The summed E-state index contributed by atoms with van der Waals surface area (Å²) < 4.78 is 5.33. The first-order valence-electron chi connectivity index (χ1n) is 7.50. The highest BCUT2D eigenvalue weighted by Gasteiger charge is 2.24. The fraction of sp³-hybridized carbons (Fsp3) is 0.312. The van der Waals surface area contributed by atoms with Gasteiger partial charge in [0.05, 0.1) is 19.3 Å². The number of ether oxygens (including phenoxy) is 1. The zero-order chi connectivity index (χ0) is 17.1. The first kappa shape index (κ1) is 16.3. The summed E-state index contributed by atoms with van der Waals surface area (Å²) in [6.07, 6.45) is 0. The molecule has 2 amide bonds. The zero-order valence-electron chi connectivity index (χ0n) is 13.5. The van der Waals surface area contributed by atoms with Crippen molar-refractivity contribution in [2.75, 3.05) is 32.1 Å². The highest BCUT2D eigenvalue weighted by molar-refractivity contribution is 7.14. The SMILES string of the molecule is COc1ccc(C)cc1Nc1nc(C(=O)N2CCNC(=O)C2)cs1. The molecule has 1 fully saturated rings. The van der Waals surface area contributed by atoms with E-state index in [-0.39, 0.29) is 18.4 Å². The molecular formula is C16H18N4O3S. The summed E-state index contributed by atoms with van der Waals surface area (Å²) in [5.74, 6) is 0.328. The van der Waals surface area contributed by atoms with Crippen LogP contribution in [0.1, 0.15) is 16.1 Å². The van der Waals surface area contributed by atoms with E-state index in [9.17, 15) is 9.59 Å². The quantitative estimate of drug-likeness (QED) is 0.882. The van der Waals surface area contributed by atoms with Crippen molar-refractivity contribution in [3.8, 4) is 5.75 Å². The standard InChI is InChI=1S/C16H18N4O3S/c1-10-3-4-13(23-2)11(7-10)18-16-19-12(9-24-16)15(22)20-6-5-17-14(21)8-20/h3-4,7,9H,5-6,8H2,1-2H3,(H,17,21)(H,18,19). The second-order valence-corrected chi connectivity index (χ2v) is 6.30. The molecule has 1 aromatic heterocycles. The summed E-state index contributed by atoms with van der Waals surface area (Å²) in [7, 11) is 1.61. The highest BCUT2D eigenvalue weighted by Crippen LogP contribution is 2.30. The minimum absolute atomic E-state index is 0.0742. The minimum Gasteiger partial charge on any atom is -0.495 e. The number of aryl methyl sites for hydroxylation is 1. The summed E-state index contributed by atoms with van der Waals surface area (Å²) in [6.45, 7) is 3.03. The topological polar surface area (TPSA) is 83.6 Å². The van der Waals surface area contributed by atoms with E-state index in [1.165, 1.54) is 16.2 Å². The molecule has 0 atom stereocenters. The summed E-state index contributed by atoms with van der Waals surface area (Å²) >= 11 is 1.34. The molecule has 2 aromatic rings. The van der Waals surface area contributed by atoms with Crippen molar-refractivity contribution >= 4 is 34.0 Å². The Bertz CT molecular complexity index is 774. The van der Waals surface area contributed by atoms with Crippen LogP contribution in [0.3, 0.4) is 0 Å². The Hall–Kier alpha value is -2.61. The molecule has 126 valence electrons. The summed E-state index contributed by atoms with van der Waals surface area (Å²) in [5, 5.41) is 8.18. The van der Waals surface area contributed by atoms with Crippen LogP contribution in [0.25, 0.3) is 0 Å². The predicted octanol–water partition coefficient (Wildman–Crippen LogP) is 1.78.